The number of aromatic nitrogens is 2. The van der Waals surface area contributed by atoms with E-state index in [1.807, 2.05) is 35.9 Å². The smallest absolute Gasteiger partial charge is 0.303 e. The molecule has 9 nitrogen and oxygen atoms in total. The lowest BCUT2D eigenvalue weighted by atomic mass is 9.94. The number of anilines is 1. The van der Waals surface area contributed by atoms with Gasteiger partial charge in [-0.25, -0.2) is 4.98 Å². The van der Waals surface area contributed by atoms with Crippen LogP contribution in [0, 0.1) is 17.2 Å². The van der Waals surface area contributed by atoms with Crippen LogP contribution in [0.5, 0.6) is 0 Å². The molecule has 2 aromatic heterocycles. The van der Waals surface area contributed by atoms with Crippen LogP contribution >= 0.6 is 0 Å². The zero-order valence-corrected chi connectivity index (χ0v) is 21.4. The van der Waals surface area contributed by atoms with Crippen molar-refractivity contribution in [3.8, 4) is 6.07 Å². The minimum atomic E-state index is -0.936. The van der Waals surface area contributed by atoms with Crippen LogP contribution in [0.4, 0.5) is 5.69 Å². The van der Waals surface area contributed by atoms with Gasteiger partial charge in [0.05, 0.1) is 12.2 Å². The van der Waals surface area contributed by atoms with Gasteiger partial charge in [0.2, 0.25) is 5.91 Å². The largest absolute Gasteiger partial charge is 0.481 e. The number of ether oxygens (including phenoxy) is 1. The Morgan fingerprint density at radius 1 is 1.22 bits per heavy atom. The number of ketones is 1. The number of nitrogens with one attached hydrogen (secondary N) is 1. The lowest BCUT2D eigenvalue weighted by Crippen LogP contribution is -2.12. The van der Waals surface area contributed by atoms with E-state index in [1.54, 1.807) is 13.0 Å². The maximum Gasteiger partial charge on any atom is 0.303 e. The molecule has 194 valence electrons. The zero-order chi connectivity index (χ0) is 26.9. The first-order chi connectivity index (χ1) is 17.7. The van der Waals surface area contributed by atoms with E-state index < -0.39 is 5.97 Å². The molecule has 1 unspecified atom stereocenters. The summed E-state index contributed by atoms with van der Waals surface area (Å²) in [7, 11) is 1.85. The van der Waals surface area contributed by atoms with Crippen molar-refractivity contribution >= 4 is 34.4 Å². The highest BCUT2D eigenvalue weighted by molar-refractivity contribution is 6.09. The molecule has 0 aliphatic heterocycles. The van der Waals surface area contributed by atoms with Crippen molar-refractivity contribution in [1.82, 2.24) is 9.55 Å². The topological polar surface area (TPSA) is 134 Å². The second-order valence-corrected chi connectivity index (χ2v) is 9.31. The average Bonchev–Trinajstić information content (AvgIpc) is 3.11. The molecule has 9 heteroatoms. The number of Topliss-reactive ketones (excluding diaryl/α,β-unsaturated/α-hetero) is 1. The Kier molecular flexibility index (Phi) is 9.52. The summed E-state index contributed by atoms with van der Waals surface area (Å²) in [5.74, 6) is -1.51. The predicted octanol–water partition coefficient (Wildman–Crippen LogP) is 4.63. The first-order valence-corrected chi connectivity index (χ1v) is 12.3. The number of carbonyl (C=O) groups is 3. The highest BCUT2D eigenvalue weighted by atomic mass is 16.5. The van der Waals surface area contributed by atoms with Crippen molar-refractivity contribution in [3.05, 3.63) is 58.9 Å². The average molecular weight is 505 g/mol. The molecule has 0 spiro atoms. The SMILES string of the molecule is CC(=O)Nc1cccc(COCCCCc2c(C(=O)CC(C)CC(=O)O)c3cc(C#N)cnc3n2C)c1. The van der Waals surface area contributed by atoms with Gasteiger partial charge in [-0.05, 0) is 48.9 Å². The molecular formula is C28H32N4O5. The van der Waals surface area contributed by atoms with Gasteiger partial charge in [0.25, 0.3) is 0 Å². The van der Waals surface area contributed by atoms with E-state index in [0.29, 0.717) is 41.8 Å². The molecule has 0 radical (unpaired) electrons. The van der Waals surface area contributed by atoms with Crippen LogP contribution in [0.1, 0.15) is 66.7 Å². The fourth-order valence-corrected chi connectivity index (χ4v) is 4.44. The number of carboxylic acid groups (broad SMARTS) is 1. The number of aryl methyl sites for hydroxylation is 1. The highest BCUT2D eigenvalue weighted by Gasteiger charge is 2.24. The molecule has 37 heavy (non-hydrogen) atoms. The second kappa shape index (κ2) is 12.8. The third-order valence-electron chi connectivity index (χ3n) is 6.08. The number of carboxylic acids is 1. The Morgan fingerprint density at radius 2 is 2.00 bits per heavy atom. The van der Waals surface area contributed by atoms with Crippen LogP contribution < -0.4 is 5.32 Å². The van der Waals surface area contributed by atoms with Gasteiger partial charge < -0.3 is 19.7 Å². The van der Waals surface area contributed by atoms with Crippen molar-refractivity contribution in [2.24, 2.45) is 13.0 Å². The molecule has 0 aliphatic rings. The first-order valence-electron chi connectivity index (χ1n) is 12.3. The number of pyridine rings is 1. The van der Waals surface area contributed by atoms with Gasteiger partial charge >= 0.3 is 5.97 Å². The molecule has 1 amide bonds. The van der Waals surface area contributed by atoms with Gasteiger partial charge in [0, 0.05) is 61.9 Å². The summed E-state index contributed by atoms with van der Waals surface area (Å²) >= 11 is 0. The van der Waals surface area contributed by atoms with E-state index in [2.05, 4.69) is 16.4 Å². The van der Waals surface area contributed by atoms with Crippen molar-refractivity contribution in [1.29, 1.82) is 5.26 Å². The van der Waals surface area contributed by atoms with Gasteiger partial charge in [0.1, 0.15) is 11.7 Å². The van der Waals surface area contributed by atoms with Gasteiger partial charge in [-0.1, -0.05) is 19.1 Å². The summed E-state index contributed by atoms with van der Waals surface area (Å²) in [6.45, 7) is 4.17. The molecule has 2 heterocycles. The quantitative estimate of drug-likeness (QED) is 0.256. The van der Waals surface area contributed by atoms with Crippen LogP contribution in [0.3, 0.4) is 0 Å². The molecule has 2 N–H and O–H groups in total. The van der Waals surface area contributed by atoms with Crippen LogP contribution in [0.25, 0.3) is 11.0 Å². The van der Waals surface area contributed by atoms with Crippen molar-refractivity contribution < 1.29 is 24.2 Å². The monoisotopic (exact) mass is 504 g/mol. The summed E-state index contributed by atoms with van der Waals surface area (Å²) < 4.78 is 7.70. The standard InChI is InChI=1S/C28H32N4O5/c1-18(12-26(35)36)11-25(34)27-23-14-21(15-29)16-30-28(23)32(3)24(27)9-4-5-10-37-17-20-7-6-8-22(13-20)31-19(2)33/h6-8,13-14,16,18H,4-5,9-12,17H2,1-3H3,(H,31,33)(H,35,36). The molecule has 3 aromatic rings. The van der Waals surface area contributed by atoms with Crippen LogP contribution in [0.15, 0.2) is 36.5 Å². The predicted molar refractivity (Wildman–Crippen MR) is 139 cm³/mol. The number of fused-ring (bicyclic) bond motifs is 1. The maximum absolute atomic E-state index is 13.3. The number of amides is 1. The van der Waals surface area contributed by atoms with Gasteiger partial charge in [-0.15, -0.1) is 0 Å². The van der Waals surface area contributed by atoms with Crippen LogP contribution in [-0.2, 0) is 34.4 Å². The van der Waals surface area contributed by atoms with E-state index in [-0.39, 0.29) is 30.4 Å². The molecular weight excluding hydrogens is 472 g/mol. The van der Waals surface area contributed by atoms with Crippen molar-refractivity contribution in [2.45, 2.75) is 52.6 Å². The molecule has 0 bridgehead atoms. The molecule has 1 atom stereocenters. The fourth-order valence-electron chi connectivity index (χ4n) is 4.44. The van der Waals surface area contributed by atoms with E-state index in [4.69, 9.17) is 9.84 Å². The Hall–Kier alpha value is -4.03. The first kappa shape index (κ1) is 27.6. The molecule has 0 fully saturated rings. The molecule has 0 saturated heterocycles. The Balaban J connectivity index is 1.66. The van der Waals surface area contributed by atoms with Gasteiger partial charge in [-0.2, -0.15) is 5.26 Å². The highest BCUT2D eigenvalue weighted by Crippen LogP contribution is 2.29. The number of nitriles is 1. The molecule has 3 rings (SSSR count). The Morgan fingerprint density at radius 3 is 2.70 bits per heavy atom. The van der Waals surface area contributed by atoms with Crippen LogP contribution in [0.2, 0.25) is 0 Å². The number of aliphatic carboxylic acids is 1. The van der Waals surface area contributed by atoms with Gasteiger partial charge in [-0.3, -0.25) is 14.4 Å². The number of hydrogen-bond donors (Lipinski definition) is 2. The lowest BCUT2D eigenvalue weighted by molar-refractivity contribution is -0.137. The number of benzene rings is 1. The third-order valence-corrected chi connectivity index (χ3v) is 6.08. The summed E-state index contributed by atoms with van der Waals surface area (Å²) in [6, 6.07) is 11.3. The third kappa shape index (κ3) is 7.48. The zero-order valence-electron chi connectivity index (χ0n) is 21.4. The molecule has 1 aromatic carbocycles. The minimum absolute atomic E-state index is 0.0847. The number of hydrogen-bond acceptors (Lipinski definition) is 6. The van der Waals surface area contributed by atoms with E-state index in [1.165, 1.54) is 13.1 Å². The van der Waals surface area contributed by atoms with Crippen molar-refractivity contribution in [3.63, 3.8) is 0 Å². The van der Waals surface area contributed by atoms with Crippen molar-refractivity contribution in [2.75, 3.05) is 11.9 Å². The number of unbranched alkanes of at least 4 members (excludes halogenated alkanes) is 1. The Labute approximate surface area is 216 Å². The van der Waals surface area contributed by atoms with Crippen LogP contribution in [-0.4, -0.2) is 38.9 Å². The number of carbonyl (C=O) groups excluding carboxylic acids is 2. The fraction of sp³-hybridized carbons (Fsp3) is 0.393. The lowest BCUT2D eigenvalue weighted by Gasteiger charge is -2.11. The maximum atomic E-state index is 13.3. The molecule has 0 saturated carbocycles. The number of rotatable bonds is 13. The molecule has 0 aliphatic carbocycles. The van der Waals surface area contributed by atoms with E-state index in [0.717, 1.165) is 29.8 Å². The minimum Gasteiger partial charge on any atom is -0.481 e. The van der Waals surface area contributed by atoms with E-state index in [9.17, 15) is 19.6 Å². The normalized spacial score (nSPS) is 11.7. The van der Waals surface area contributed by atoms with E-state index >= 15 is 0 Å². The summed E-state index contributed by atoms with van der Waals surface area (Å²) in [6.07, 6.45) is 3.67. The summed E-state index contributed by atoms with van der Waals surface area (Å²) in [5, 5.41) is 21.8. The number of nitrogens with zero attached hydrogens (tertiary/aromatic N) is 3. The summed E-state index contributed by atoms with van der Waals surface area (Å²) in [4.78, 5) is 40.0. The van der Waals surface area contributed by atoms with Gasteiger partial charge in [0.15, 0.2) is 5.78 Å². The summed E-state index contributed by atoms with van der Waals surface area (Å²) in [5.41, 5.74) is 4.03. The Bertz CT molecular complexity index is 1340. The second-order valence-electron chi connectivity index (χ2n) is 9.31.